The zero-order chi connectivity index (χ0) is 12.5. The molecule has 1 aliphatic carbocycles. The van der Waals surface area contributed by atoms with Crippen molar-refractivity contribution >= 4 is 11.3 Å². The predicted octanol–water partition coefficient (Wildman–Crippen LogP) is 4.40. The second-order valence-corrected chi connectivity index (χ2v) is 6.98. The Bertz CT molecular complexity index is 363. The van der Waals surface area contributed by atoms with Gasteiger partial charge in [0.15, 0.2) is 0 Å². The minimum Gasteiger partial charge on any atom is -0.309 e. The lowest BCUT2D eigenvalue weighted by Gasteiger charge is -2.22. The van der Waals surface area contributed by atoms with E-state index in [4.69, 9.17) is 0 Å². The maximum Gasteiger partial charge on any atom is 0.0386 e. The minimum atomic E-state index is 0.511. The fourth-order valence-electron chi connectivity index (χ4n) is 2.39. The van der Waals surface area contributed by atoms with E-state index in [0.717, 1.165) is 12.3 Å². The average molecular weight is 251 g/mol. The smallest absolute Gasteiger partial charge is 0.0386 e. The summed E-state index contributed by atoms with van der Waals surface area (Å²) in [6.45, 7) is 10.4. The quantitative estimate of drug-likeness (QED) is 0.790. The van der Waals surface area contributed by atoms with Crippen LogP contribution in [-0.4, -0.2) is 6.54 Å². The molecule has 0 bridgehead atoms. The second-order valence-electron chi connectivity index (χ2n) is 5.78. The van der Waals surface area contributed by atoms with Gasteiger partial charge in [0.1, 0.15) is 0 Å². The second kappa shape index (κ2) is 5.11. The molecule has 96 valence electrons. The monoisotopic (exact) mass is 251 g/mol. The van der Waals surface area contributed by atoms with E-state index in [2.05, 4.69) is 45.1 Å². The molecule has 1 unspecified atom stereocenters. The first kappa shape index (κ1) is 13.1. The van der Waals surface area contributed by atoms with Crippen LogP contribution in [0.4, 0.5) is 0 Å². The van der Waals surface area contributed by atoms with Crippen molar-refractivity contribution in [2.75, 3.05) is 6.54 Å². The van der Waals surface area contributed by atoms with Gasteiger partial charge in [0.05, 0.1) is 0 Å². The summed E-state index contributed by atoms with van der Waals surface area (Å²) in [6.07, 6.45) is 3.98. The molecule has 0 aromatic carbocycles. The fraction of sp³-hybridized carbons (Fsp3) is 0.733. The predicted molar refractivity (Wildman–Crippen MR) is 76.6 cm³/mol. The molecule has 2 rings (SSSR count). The summed E-state index contributed by atoms with van der Waals surface area (Å²) in [5.74, 6) is 0.816. The molecule has 17 heavy (non-hydrogen) atoms. The van der Waals surface area contributed by atoms with Gasteiger partial charge >= 0.3 is 0 Å². The SMILES string of the molecule is CCc1ccc(C(C)NCC2(C(C)C)CC2)s1. The molecule has 1 saturated carbocycles. The molecule has 0 saturated heterocycles. The molecule has 1 aromatic heterocycles. The number of aryl methyl sites for hydroxylation is 1. The van der Waals surface area contributed by atoms with Crippen molar-refractivity contribution in [2.45, 2.75) is 53.0 Å². The normalized spacial score (nSPS) is 19.6. The third kappa shape index (κ3) is 2.92. The van der Waals surface area contributed by atoms with Gasteiger partial charge < -0.3 is 5.32 Å². The Labute approximate surface area is 110 Å². The molecular formula is C15H25NS. The van der Waals surface area contributed by atoms with Crippen LogP contribution in [0.25, 0.3) is 0 Å². The van der Waals surface area contributed by atoms with Gasteiger partial charge in [0, 0.05) is 22.3 Å². The lowest BCUT2D eigenvalue weighted by molar-refractivity contribution is 0.326. The summed E-state index contributed by atoms with van der Waals surface area (Å²) < 4.78 is 0. The summed E-state index contributed by atoms with van der Waals surface area (Å²) in [7, 11) is 0. The molecule has 1 N–H and O–H groups in total. The van der Waals surface area contributed by atoms with Crippen molar-refractivity contribution in [3.8, 4) is 0 Å². The molecule has 0 aliphatic heterocycles. The van der Waals surface area contributed by atoms with E-state index >= 15 is 0 Å². The Hall–Kier alpha value is -0.340. The van der Waals surface area contributed by atoms with Crippen LogP contribution < -0.4 is 5.32 Å². The summed E-state index contributed by atoms with van der Waals surface area (Å²) in [6, 6.07) is 5.07. The molecule has 1 aliphatic rings. The molecule has 0 amide bonds. The first-order valence-electron chi connectivity index (χ1n) is 6.89. The van der Waals surface area contributed by atoms with Crippen LogP contribution in [0.2, 0.25) is 0 Å². The van der Waals surface area contributed by atoms with Gasteiger partial charge in [-0.05, 0) is 49.7 Å². The van der Waals surface area contributed by atoms with Crippen LogP contribution in [0.1, 0.15) is 56.3 Å². The van der Waals surface area contributed by atoms with E-state index < -0.39 is 0 Å². The van der Waals surface area contributed by atoms with E-state index in [0.29, 0.717) is 11.5 Å². The molecule has 1 nitrogen and oxygen atoms in total. The van der Waals surface area contributed by atoms with Crippen molar-refractivity contribution in [3.63, 3.8) is 0 Å². The molecular weight excluding hydrogens is 226 g/mol. The molecule has 1 aromatic rings. The molecule has 1 heterocycles. The maximum absolute atomic E-state index is 3.73. The fourth-order valence-corrected chi connectivity index (χ4v) is 3.37. The number of nitrogens with one attached hydrogen (secondary N) is 1. The van der Waals surface area contributed by atoms with Crippen LogP contribution in [0, 0.1) is 11.3 Å². The third-order valence-electron chi connectivity index (χ3n) is 4.33. The van der Waals surface area contributed by atoms with Gasteiger partial charge in [-0.25, -0.2) is 0 Å². The largest absolute Gasteiger partial charge is 0.309 e. The maximum atomic E-state index is 3.73. The number of hydrogen-bond donors (Lipinski definition) is 1. The van der Waals surface area contributed by atoms with Crippen molar-refractivity contribution in [1.29, 1.82) is 0 Å². The standard InChI is InChI=1S/C15H25NS/c1-5-13-6-7-14(17-13)12(4)16-10-15(8-9-15)11(2)3/h6-7,11-12,16H,5,8-10H2,1-4H3. The lowest BCUT2D eigenvalue weighted by atomic mass is 9.92. The Morgan fingerprint density at radius 1 is 1.29 bits per heavy atom. The Morgan fingerprint density at radius 3 is 2.47 bits per heavy atom. The summed E-state index contributed by atoms with van der Waals surface area (Å²) in [4.78, 5) is 2.99. The van der Waals surface area contributed by atoms with Gasteiger partial charge in [0.25, 0.3) is 0 Å². The summed E-state index contributed by atoms with van der Waals surface area (Å²) in [5.41, 5.74) is 0.610. The highest BCUT2D eigenvalue weighted by atomic mass is 32.1. The van der Waals surface area contributed by atoms with Crippen LogP contribution in [0.15, 0.2) is 12.1 Å². The zero-order valence-corrected chi connectivity index (χ0v) is 12.4. The third-order valence-corrected chi connectivity index (χ3v) is 5.75. The first-order valence-corrected chi connectivity index (χ1v) is 7.71. The Kier molecular flexibility index (Phi) is 3.94. The van der Waals surface area contributed by atoms with Crippen LogP contribution in [0.5, 0.6) is 0 Å². The zero-order valence-electron chi connectivity index (χ0n) is 11.5. The number of thiophene rings is 1. The van der Waals surface area contributed by atoms with Crippen molar-refractivity contribution in [2.24, 2.45) is 11.3 Å². The summed E-state index contributed by atoms with van der Waals surface area (Å²) in [5, 5.41) is 3.73. The number of hydrogen-bond acceptors (Lipinski definition) is 2. The van der Waals surface area contributed by atoms with E-state index in [1.54, 1.807) is 0 Å². The molecule has 2 heteroatoms. The van der Waals surface area contributed by atoms with Crippen molar-refractivity contribution in [3.05, 3.63) is 21.9 Å². The van der Waals surface area contributed by atoms with Gasteiger partial charge in [-0.3, -0.25) is 0 Å². The molecule has 0 spiro atoms. The molecule has 1 atom stereocenters. The average Bonchev–Trinajstić information content (AvgIpc) is 2.96. The van der Waals surface area contributed by atoms with Gasteiger partial charge in [-0.2, -0.15) is 0 Å². The van der Waals surface area contributed by atoms with Gasteiger partial charge in [0.2, 0.25) is 0 Å². The highest BCUT2D eigenvalue weighted by molar-refractivity contribution is 7.12. The van der Waals surface area contributed by atoms with E-state index in [9.17, 15) is 0 Å². The Morgan fingerprint density at radius 2 is 2.00 bits per heavy atom. The van der Waals surface area contributed by atoms with E-state index in [1.165, 1.54) is 29.1 Å². The highest BCUT2D eigenvalue weighted by Crippen LogP contribution is 2.51. The minimum absolute atomic E-state index is 0.511. The summed E-state index contributed by atoms with van der Waals surface area (Å²) >= 11 is 1.96. The van der Waals surface area contributed by atoms with Crippen LogP contribution in [-0.2, 0) is 6.42 Å². The van der Waals surface area contributed by atoms with Crippen LogP contribution >= 0.6 is 11.3 Å². The Balaban J connectivity index is 1.87. The lowest BCUT2D eigenvalue weighted by Crippen LogP contribution is -2.29. The first-order chi connectivity index (χ1) is 8.07. The number of rotatable bonds is 6. The van der Waals surface area contributed by atoms with E-state index in [1.807, 2.05) is 11.3 Å². The molecule has 0 radical (unpaired) electrons. The van der Waals surface area contributed by atoms with Crippen molar-refractivity contribution < 1.29 is 0 Å². The van der Waals surface area contributed by atoms with E-state index in [-0.39, 0.29) is 0 Å². The van der Waals surface area contributed by atoms with Gasteiger partial charge in [-0.1, -0.05) is 20.8 Å². The highest BCUT2D eigenvalue weighted by Gasteiger charge is 2.44. The van der Waals surface area contributed by atoms with Crippen molar-refractivity contribution in [1.82, 2.24) is 5.32 Å². The topological polar surface area (TPSA) is 12.0 Å². The van der Waals surface area contributed by atoms with Gasteiger partial charge in [-0.15, -0.1) is 11.3 Å². The molecule has 1 fully saturated rings. The van der Waals surface area contributed by atoms with Crippen LogP contribution in [0.3, 0.4) is 0 Å².